The third-order valence-electron chi connectivity index (χ3n) is 4.61. The minimum Gasteiger partial charge on any atom is -0.385 e. The second-order valence-electron chi connectivity index (χ2n) is 6.63. The first-order chi connectivity index (χ1) is 11.1. The van der Waals surface area contributed by atoms with E-state index < -0.39 is 5.60 Å². The molecule has 0 spiro atoms. The summed E-state index contributed by atoms with van der Waals surface area (Å²) in [6.07, 6.45) is 1.21. The van der Waals surface area contributed by atoms with Crippen LogP contribution >= 0.6 is 0 Å². The summed E-state index contributed by atoms with van der Waals surface area (Å²) >= 11 is 0. The molecule has 3 heteroatoms. The highest BCUT2D eigenvalue weighted by molar-refractivity contribution is 5.77. The minimum absolute atomic E-state index is 0.0831. The van der Waals surface area contributed by atoms with Crippen molar-refractivity contribution in [1.29, 1.82) is 0 Å². The topological polar surface area (TPSA) is 49.3 Å². The lowest BCUT2D eigenvalue weighted by molar-refractivity contribution is -0.125. The highest BCUT2D eigenvalue weighted by Gasteiger charge is 2.38. The van der Waals surface area contributed by atoms with E-state index in [0.29, 0.717) is 18.4 Å². The normalized spacial score (nSPS) is 22.2. The molecule has 0 aromatic heterocycles. The van der Waals surface area contributed by atoms with Gasteiger partial charge in [-0.05, 0) is 36.3 Å². The number of nitrogens with one attached hydrogen (secondary N) is 1. The molecule has 0 heterocycles. The molecule has 1 aliphatic carbocycles. The number of carbonyl (C=O) groups excluding carboxylic acids is 1. The Morgan fingerprint density at radius 1 is 1.13 bits per heavy atom. The number of benzene rings is 2. The second-order valence-corrected chi connectivity index (χ2v) is 6.63. The molecule has 3 rings (SSSR count). The van der Waals surface area contributed by atoms with E-state index in [1.54, 1.807) is 6.92 Å². The molecule has 23 heavy (non-hydrogen) atoms. The lowest BCUT2D eigenvalue weighted by atomic mass is 9.92. The van der Waals surface area contributed by atoms with Crippen molar-refractivity contribution in [2.24, 2.45) is 5.92 Å². The average Bonchev–Trinajstić information content (AvgIpc) is 3.34. The Hall–Kier alpha value is -2.13. The van der Waals surface area contributed by atoms with Crippen molar-refractivity contribution in [3.05, 3.63) is 71.8 Å². The van der Waals surface area contributed by atoms with Crippen LogP contribution < -0.4 is 5.32 Å². The Labute approximate surface area is 137 Å². The van der Waals surface area contributed by atoms with Crippen molar-refractivity contribution in [2.45, 2.75) is 31.3 Å². The summed E-state index contributed by atoms with van der Waals surface area (Å²) in [7, 11) is 0. The molecule has 0 saturated heterocycles. The summed E-state index contributed by atoms with van der Waals surface area (Å²) < 4.78 is 0. The molecule has 2 N–H and O–H groups in total. The first kappa shape index (κ1) is 15.8. The van der Waals surface area contributed by atoms with E-state index in [-0.39, 0.29) is 12.3 Å². The maximum Gasteiger partial charge on any atom is 0.223 e. The number of rotatable bonds is 6. The van der Waals surface area contributed by atoms with Gasteiger partial charge in [-0.25, -0.2) is 0 Å². The first-order valence-electron chi connectivity index (χ1n) is 8.16. The zero-order valence-corrected chi connectivity index (χ0v) is 13.4. The molecule has 1 aliphatic rings. The largest absolute Gasteiger partial charge is 0.385 e. The Bertz CT molecular complexity index is 652. The SMILES string of the molecule is CC(O)(CC(=O)NCC1CC1c1ccccc1)c1ccccc1. The van der Waals surface area contributed by atoms with Gasteiger partial charge in [-0.2, -0.15) is 0 Å². The Kier molecular flexibility index (Phi) is 4.49. The maximum atomic E-state index is 12.1. The summed E-state index contributed by atoms with van der Waals surface area (Å²) in [5.41, 5.74) is 0.986. The lowest BCUT2D eigenvalue weighted by Crippen LogP contribution is -2.33. The van der Waals surface area contributed by atoms with Crippen LogP contribution in [0.25, 0.3) is 0 Å². The molecule has 2 aromatic carbocycles. The van der Waals surface area contributed by atoms with Gasteiger partial charge in [0.15, 0.2) is 0 Å². The first-order valence-corrected chi connectivity index (χ1v) is 8.16. The summed E-state index contributed by atoms with van der Waals surface area (Å²) in [5, 5.41) is 13.5. The van der Waals surface area contributed by atoms with Crippen LogP contribution in [0.5, 0.6) is 0 Å². The fourth-order valence-electron chi connectivity index (χ4n) is 3.10. The van der Waals surface area contributed by atoms with E-state index in [1.807, 2.05) is 36.4 Å². The predicted molar refractivity (Wildman–Crippen MR) is 90.9 cm³/mol. The van der Waals surface area contributed by atoms with Gasteiger partial charge in [-0.15, -0.1) is 0 Å². The van der Waals surface area contributed by atoms with E-state index in [2.05, 4.69) is 29.6 Å². The van der Waals surface area contributed by atoms with Gasteiger partial charge in [0, 0.05) is 6.54 Å². The van der Waals surface area contributed by atoms with E-state index in [9.17, 15) is 9.90 Å². The molecule has 3 nitrogen and oxygen atoms in total. The third kappa shape index (κ3) is 3.99. The van der Waals surface area contributed by atoms with Crippen LogP contribution in [0.4, 0.5) is 0 Å². The summed E-state index contributed by atoms with van der Waals surface area (Å²) in [6.45, 7) is 2.37. The van der Waals surface area contributed by atoms with Crippen LogP contribution in [-0.2, 0) is 10.4 Å². The monoisotopic (exact) mass is 309 g/mol. The van der Waals surface area contributed by atoms with Crippen LogP contribution in [0, 0.1) is 5.92 Å². The average molecular weight is 309 g/mol. The molecule has 3 unspecified atom stereocenters. The third-order valence-corrected chi connectivity index (χ3v) is 4.61. The second kappa shape index (κ2) is 6.55. The zero-order chi connectivity index (χ0) is 16.3. The standard InChI is InChI=1S/C20H23NO2/c1-20(23,17-10-6-3-7-11-17)13-19(22)21-14-16-12-18(16)15-8-4-2-5-9-15/h2-11,16,18,23H,12-14H2,1H3,(H,21,22). The van der Waals surface area contributed by atoms with Crippen LogP contribution in [0.1, 0.15) is 36.8 Å². The van der Waals surface area contributed by atoms with E-state index in [1.165, 1.54) is 5.56 Å². The molecule has 2 aromatic rings. The molecule has 0 bridgehead atoms. The van der Waals surface area contributed by atoms with Gasteiger partial charge < -0.3 is 10.4 Å². The van der Waals surface area contributed by atoms with Crippen LogP contribution in [0.15, 0.2) is 60.7 Å². The molecule has 0 radical (unpaired) electrons. The van der Waals surface area contributed by atoms with Gasteiger partial charge >= 0.3 is 0 Å². The maximum absolute atomic E-state index is 12.1. The van der Waals surface area contributed by atoms with E-state index in [0.717, 1.165) is 12.0 Å². The van der Waals surface area contributed by atoms with E-state index >= 15 is 0 Å². The highest BCUT2D eigenvalue weighted by atomic mass is 16.3. The molecule has 3 atom stereocenters. The van der Waals surface area contributed by atoms with Gasteiger partial charge in [0.25, 0.3) is 0 Å². The van der Waals surface area contributed by atoms with Crippen LogP contribution in [0.2, 0.25) is 0 Å². The van der Waals surface area contributed by atoms with Gasteiger partial charge in [0.2, 0.25) is 5.91 Å². The van der Waals surface area contributed by atoms with E-state index in [4.69, 9.17) is 0 Å². The summed E-state index contributed by atoms with van der Waals surface area (Å²) in [6, 6.07) is 19.8. The Balaban J connectivity index is 1.48. The van der Waals surface area contributed by atoms with Crippen molar-refractivity contribution >= 4 is 5.91 Å². The number of amides is 1. The number of carbonyl (C=O) groups is 1. The zero-order valence-electron chi connectivity index (χ0n) is 13.4. The van der Waals surface area contributed by atoms with Crippen molar-refractivity contribution in [3.8, 4) is 0 Å². The van der Waals surface area contributed by atoms with Crippen molar-refractivity contribution in [3.63, 3.8) is 0 Å². The van der Waals surface area contributed by atoms with Crippen molar-refractivity contribution < 1.29 is 9.90 Å². The van der Waals surface area contributed by atoms with Crippen molar-refractivity contribution in [1.82, 2.24) is 5.32 Å². The lowest BCUT2D eigenvalue weighted by Gasteiger charge is -2.23. The Morgan fingerprint density at radius 3 is 2.39 bits per heavy atom. The summed E-state index contributed by atoms with van der Waals surface area (Å²) in [5.74, 6) is 0.978. The molecule has 1 fully saturated rings. The van der Waals surface area contributed by atoms with Crippen LogP contribution in [0.3, 0.4) is 0 Å². The molecule has 1 saturated carbocycles. The molecule has 1 amide bonds. The van der Waals surface area contributed by atoms with Crippen LogP contribution in [-0.4, -0.2) is 17.6 Å². The van der Waals surface area contributed by atoms with Gasteiger partial charge in [-0.1, -0.05) is 60.7 Å². The fourth-order valence-corrected chi connectivity index (χ4v) is 3.10. The molecule has 120 valence electrons. The highest BCUT2D eigenvalue weighted by Crippen LogP contribution is 2.46. The quantitative estimate of drug-likeness (QED) is 0.861. The molecule has 0 aliphatic heterocycles. The smallest absolute Gasteiger partial charge is 0.223 e. The molecular weight excluding hydrogens is 286 g/mol. The summed E-state index contributed by atoms with van der Waals surface area (Å²) in [4.78, 5) is 12.1. The fraction of sp³-hybridized carbons (Fsp3) is 0.350. The Morgan fingerprint density at radius 2 is 1.74 bits per heavy atom. The van der Waals surface area contributed by atoms with Crippen molar-refractivity contribution in [2.75, 3.05) is 6.54 Å². The molecular formula is C20H23NO2. The number of hydrogen-bond acceptors (Lipinski definition) is 2. The van der Waals surface area contributed by atoms with Gasteiger partial charge in [-0.3, -0.25) is 4.79 Å². The van der Waals surface area contributed by atoms with Gasteiger partial charge in [0.05, 0.1) is 12.0 Å². The number of aliphatic hydroxyl groups is 1. The number of hydrogen-bond donors (Lipinski definition) is 2. The van der Waals surface area contributed by atoms with Gasteiger partial charge in [0.1, 0.15) is 0 Å². The predicted octanol–water partition coefficient (Wildman–Crippen LogP) is 3.20. The minimum atomic E-state index is -1.13.